The van der Waals surface area contributed by atoms with E-state index in [1.807, 2.05) is 37.2 Å². The molecule has 0 radical (unpaired) electrons. The molecule has 1 amide bonds. The number of anilines is 2. The molecule has 1 saturated heterocycles. The Morgan fingerprint density at radius 1 is 1.43 bits per heavy atom. The van der Waals surface area contributed by atoms with Gasteiger partial charge in [-0.3, -0.25) is 4.79 Å². The van der Waals surface area contributed by atoms with Gasteiger partial charge in [0.15, 0.2) is 0 Å². The number of halogens is 3. The van der Waals surface area contributed by atoms with E-state index in [1.54, 1.807) is 0 Å². The number of nitrogens with one attached hydrogen (secondary N) is 2. The van der Waals surface area contributed by atoms with Crippen molar-refractivity contribution in [3.05, 3.63) is 23.2 Å². The number of benzene rings is 1. The highest BCUT2D eigenvalue weighted by Crippen LogP contribution is 2.32. The Kier molecular flexibility index (Phi) is 9.06. The van der Waals surface area contributed by atoms with Gasteiger partial charge < -0.3 is 15.5 Å². The predicted octanol–water partition coefficient (Wildman–Crippen LogP) is 3.33. The molecule has 1 aliphatic heterocycles. The van der Waals surface area contributed by atoms with Crippen LogP contribution in [-0.2, 0) is 4.79 Å². The van der Waals surface area contributed by atoms with Crippen molar-refractivity contribution in [3.63, 3.8) is 0 Å². The smallest absolute Gasteiger partial charge is 0.225 e. The number of hydrogen-bond acceptors (Lipinski definition) is 3. The first-order valence-corrected chi connectivity index (χ1v) is 6.95. The summed E-state index contributed by atoms with van der Waals surface area (Å²) < 4.78 is 0. The van der Waals surface area contributed by atoms with Crippen LogP contribution in [0.1, 0.15) is 19.3 Å². The van der Waals surface area contributed by atoms with Gasteiger partial charge in [0.05, 0.1) is 16.4 Å². The number of nitrogens with zero attached hydrogens (tertiary/aromatic N) is 1. The molecule has 1 aromatic rings. The van der Waals surface area contributed by atoms with E-state index in [4.69, 9.17) is 11.6 Å². The molecule has 1 atom stereocenters. The van der Waals surface area contributed by atoms with E-state index in [9.17, 15) is 4.79 Å². The highest BCUT2D eigenvalue weighted by atomic mass is 35.5. The zero-order valence-corrected chi connectivity index (χ0v) is 14.6. The Morgan fingerprint density at radius 3 is 2.71 bits per heavy atom. The van der Waals surface area contributed by atoms with Gasteiger partial charge in [-0.25, -0.2) is 0 Å². The third kappa shape index (κ3) is 5.55. The fourth-order valence-electron chi connectivity index (χ4n) is 2.43. The number of amides is 1. The van der Waals surface area contributed by atoms with E-state index in [0.717, 1.165) is 30.8 Å². The van der Waals surface area contributed by atoms with Gasteiger partial charge in [0.1, 0.15) is 0 Å². The summed E-state index contributed by atoms with van der Waals surface area (Å²) >= 11 is 6.17. The normalized spacial score (nSPS) is 16.6. The van der Waals surface area contributed by atoms with Gasteiger partial charge in [-0.2, -0.15) is 0 Å². The number of carbonyl (C=O) groups excluding carboxylic acids is 1. The first-order valence-electron chi connectivity index (χ1n) is 6.57. The maximum Gasteiger partial charge on any atom is 0.225 e. The minimum atomic E-state index is 0. The van der Waals surface area contributed by atoms with Gasteiger partial charge >= 0.3 is 0 Å². The van der Waals surface area contributed by atoms with E-state index in [2.05, 4.69) is 10.6 Å². The van der Waals surface area contributed by atoms with E-state index in [0.29, 0.717) is 17.5 Å². The molecule has 1 aromatic carbocycles. The van der Waals surface area contributed by atoms with Gasteiger partial charge in [-0.1, -0.05) is 17.7 Å². The second-order valence-corrected chi connectivity index (χ2v) is 5.48. The van der Waals surface area contributed by atoms with Gasteiger partial charge in [0, 0.05) is 26.6 Å². The molecule has 1 unspecified atom stereocenters. The second-order valence-electron chi connectivity index (χ2n) is 5.08. The average Bonchev–Trinajstić information content (AvgIpc) is 2.81. The van der Waals surface area contributed by atoms with Crippen LogP contribution in [0.2, 0.25) is 5.02 Å². The SMILES string of the molecule is CN(C)c1c(Cl)cccc1NC(=O)CC1CCCN1.Cl.Cl. The molecule has 2 N–H and O–H groups in total. The lowest BCUT2D eigenvalue weighted by atomic mass is 10.1. The number of hydrogen-bond donors (Lipinski definition) is 2. The fraction of sp³-hybridized carbons (Fsp3) is 0.500. The molecular formula is C14H22Cl3N3O. The minimum absolute atomic E-state index is 0. The molecule has 4 nitrogen and oxygen atoms in total. The molecule has 0 aliphatic carbocycles. The monoisotopic (exact) mass is 353 g/mol. The third-order valence-corrected chi connectivity index (χ3v) is 3.61. The van der Waals surface area contributed by atoms with E-state index in [1.165, 1.54) is 0 Å². The standard InChI is InChI=1S/C14H20ClN3O.2ClH/c1-18(2)14-11(15)6-3-7-12(14)17-13(19)9-10-5-4-8-16-10;;/h3,6-7,10,16H,4-5,8-9H2,1-2H3,(H,17,19);2*1H. The zero-order valence-electron chi connectivity index (χ0n) is 12.2. The fourth-order valence-corrected chi connectivity index (χ4v) is 2.77. The first kappa shape index (κ1) is 20.3. The summed E-state index contributed by atoms with van der Waals surface area (Å²) in [6, 6.07) is 5.85. The van der Waals surface area contributed by atoms with Crippen LogP contribution >= 0.6 is 36.4 Å². The summed E-state index contributed by atoms with van der Waals surface area (Å²) in [5.41, 5.74) is 1.61. The zero-order chi connectivity index (χ0) is 13.8. The maximum atomic E-state index is 12.0. The van der Waals surface area contributed by atoms with Crippen LogP contribution in [0.4, 0.5) is 11.4 Å². The Balaban J connectivity index is 0.00000200. The number of rotatable bonds is 4. The largest absolute Gasteiger partial charge is 0.375 e. The lowest BCUT2D eigenvalue weighted by Crippen LogP contribution is -2.28. The molecule has 0 spiro atoms. The van der Waals surface area contributed by atoms with Crippen molar-refractivity contribution in [2.75, 3.05) is 30.9 Å². The van der Waals surface area contributed by atoms with Crippen LogP contribution < -0.4 is 15.5 Å². The van der Waals surface area contributed by atoms with E-state index < -0.39 is 0 Å². The van der Waals surface area contributed by atoms with Crippen molar-refractivity contribution in [2.45, 2.75) is 25.3 Å². The molecule has 1 fully saturated rings. The summed E-state index contributed by atoms with van der Waals surface area (Å²) in [5, 5.41) is 6.92. The molecule has 0 saturated carbocycles. The molecule has 1 heterocycles. The van der Waals surface area contributed by atoms with Crippen molar-refractivity contribution in [3.8, 4) is 0 Å². The van der Waals surface area contributed by atoms with E-state index >= 15 is 0 Å². The highest BCUT2D eigenvalue weighted by molar-refractivity contribution is 6.34. The Morgan fingerprint density at radius 2 is 2.14 bits per heavy atom. The van der Waals surface area contributed by atoms with Gasteiger partial charge in [0.2, 0.25) is 5.91 Å². The Bertz CT molecular complexity index is 463. The van der Waals surface area contributed by atoms with Gasteiger partial charge in [-0.05, 0) is 31.5 Å². The molecule has 2 rings (SSSR count). The van der Waals surface area contributed by atoms with Crippen LogP contribution in [0.25, 0.3) is 0 Å². The molecule has 0 aromatic heterocycles. The predicted molar refractivity (Wildman–Crippen MR) is 94.5 cm³/mol. The third-order valence-electron chi connectivity index (χ3n) is 3.30. The van der Waals surface area contributed by atoms with E-state index in [-0.39, 0.29) is 30.7 Å². The van der Waals surface area contributed by atoms with Crippen molar-refractivity contribution < 1.29 is 4.79 Å². The van der Waals surface area contributed by atoms with Crippen LogP contribution in [0.3, 0.4) is 0 Å². The topological polar surface area (TPSA) is 44.4 Å². The molecule has 7 heteroatoms. The minimum Gasteiger partial charge on any atom is -0.375 e. The highest BCUT2D eigenvalue weighted by Gasteiger charge is 2.19. The average molecular weight is 355 g/mol. The summed E-state index contributed by atoms with van der Waals surface area (Å²) in [6.07, 6.45) is 2.74. The summed E-state index contributed by atoms with van der Waals surface area (Å²) in [4.78, 5) is 14.0. The van der Waals surface area contributed by atoms with Crippen molar-refractivity contribution in [1.29, 1.82) is 0 Å². The number of carbonyl (C=O) groups is 1. The maximum absolute atomic E-state index is 12.0. The molecule has 0 bridgehead atoms. The van der Waals surface area contributed by atoms with Crippen molar-refractivity contribution in [1.82, 2.24) is 5.32 Å². The second kappa shape index (κ2) is 9.36. The lowest BCUT2D eigenvalue weighted by molar-refractivity contribution is -0.116. The van der Waals surface area contributed by atoms with Gasteiger partial charge in [-0.15, -0.1) is 24.8 Å². The summed E-state index contributed by atoms with van der Waals surface area (Å²) in [7, 11) is 3.82. The van der Waals surface area contributed by atoms with Crippen LogP contribution in [0.5, 0.6) is 0 Å². The van der Waals surface area contributed by atoms with Crippen LogP contribution in [-0.4, -0.2) is 32.6 Å². The van der Waals surface area contributed by atoms with Crippen LogP contribution in [0.15, 0.2) is 18.2 Å². The first-order chi connectivity index (χ1) is 9.08. The molecule has 1 aliphatic rings. The quantitative estimate of drug-likeness (QED) is 0.871. The lowest BCUT2D eigenvalue weighted by Gasteiger charge is -2.20. The van der Waals surface area contributed by atoms with Gasteiger partial charge in [0.25, 0.3) is 0 Å². The Hall–Kier alpha value is -0.680. The summed E-state index contributed by atoms with van der Waals surface area (Å²) in [6.45, 7) is 1.01. The molecule has 21 heavy (non-hydrogen) atoms. The Labute approximate surface area is 143 Å². The van der Waals surface area contributed by atoms with Crippen molar-refractivity contribution >= 4 is 53.7 Å². The summed E-state index contributed by atoms with van der Waals surface area (Å²) in [5.74, 6) is 0.0322. The van der Waals surface area contributed by atoms with Crippen LogP contribution in [0, 0.1) is 0 Å². The number of para-hydroxylation sites is 1. The van der Waals surface area contributed by atoms with Crippen molar-refractivity contribution in [2.24, 2.45) is 0 Å². The molecular weight excluding hydrogens is 333 g/mol. The molecule has 120 valence electrons.